The fourth-order valence-corrected chi connectivity index (χ4v) is 5.46. The second-order valence-electron chi connectivity index (χ2n) is 9.68. The number of pyridine rings is 1. The number of carbonyl (C=O) groups is 3. The van der Waals surface area contributed by atoms with Crippen LogP contribution in [-0.2, 0) is 9.59 Å². The summed E-state index contributed by atoms with van der Waals surface area (Å²) in [6.45, 7) is 1.97. The largest absolute Gasteiger partial charge is 0.325 e. The molecule has 0 aliphatic carbocycles. The summed E-state index contributed by atoms with van der Waals surface area (Å²) < 4.78 is 0. The van der Waals surface area contributed by atoms with Gasteiger partial charge in [0.15, 0.2) is 0 Å². The van der Waals surface area contributed by atoms with Crippen LogP contribution in [0.15, 0.2) is 132 Å². The first kappa shape index (κ1) is 29.3. The molecule has 5 rings (SSSR count). The number of fused-ring (bicyclic) bond motifs is 1. The lowest BCUT2D eigenvalue weighted by molar-refractivity contribution is -0.116. The predicted molar refractivity (Wildman–Crippen MR) is 174 cm³/mol. The zero-order valence-corrected chi connectivity index (χ0v) is 24.3. The molecule has 4 aromatic carbocycles. The topological polar surface area (TPSA) is 100 Å². The third-order valence-corrected chi connectivity index (χ3v) is 7.96. The number of amides is 3. The van der Waals surface area contributed by atoms with E-state index in [9.17, 15) is 14.4 Å². The van der Waals surface area contributed by atoms with Crippen molar-refractivity contribution >= 4 is 57.7 Å². The number of aromatic nitrogens is 1. The highest BCUT2D eigenvalue weighted by Crippen LogP contribution is 2.30. The van der Waals surface area contributed by atoms with Gasteiger partial charge in [-0.2, -0.15) is 0 Å². The molecule has 0 bridgehead atoms. The van der Waals surface area contributed by atoms with E-state index in [0.717, 1.165) is 21.4 Å². The van der Waals surface area contributed by atoms with Crippen molar-refractivity contribution in [1.82, 2.24) is 10.3 Å². The molecule has 7 nitrogen and oxygen atoms in total. The molecule has 3 N–H and O–H groups in total. The van der Waals surface area contributed by atoms with Gasteiger partial charge in [-0.25, -0.2) is 0 Å². The summed E-state index contributed by atoms with van der Waals surface area (Å²) >= 11 is 1.43. The molecule has 0 radical (unpaired) electrons. The Morgan fingerprint density at radius 1 is 0.837 bits per heavy atom. The summed E-state index contributed by atoms with van der Waals surface area (Å²) in [5.41, 5.74) is 2.46. The van der Waals surface area contributed by atoms with Gasteiger partial charge in [0.2, 0.25) is 5.91 Å². The van der Waals surface area contributed by atoms with Gasteiger partial charge in [-0.05, 0) is 65.9 Å². The second kappa shape index (κ2) is 14.1. The van der Waals surface area contributed by atoms with Crippen LogP contribution < -0.4 is 16.0 Å². The SMILES string of the molecule is CCC(Sc1cccc(NC(=O)/C(=C/c2cccnc2)NC(=O)c2ccccc2)c1)C(=O)Nc1cccc2ccccc12. The third kappa shape index (κ3) is 7.75. The Morgan fingerprint density at radius 2 is 1.60 bits per heavy atom. The molecule has 43 heavy (non-hydrogen) atoms. The average Bonchev–Trinajstić information content (AvgIpc) is 3.04. The number of nitrogens with one attached hydrogen (secondary N) is 3. The van der Waals surface area contributed by atoms with Crippen LogP contribution in [0.25, 0.3) is 16.8 Å². The molecule has 0 spiro atoms. The Kier molecular flexibility index (Phi) is 9.61. The minimum absolute atomic E-state index is 0.0702. The molecule has 1 atom stereocenters. The van der Waals surface area contributed by atoms with Crippen LogP contribution in [0.2, 0.25) is 0 Å². The van der Waals surface area contributed by atoms with Gasteiger partial charge < -0.3 is 16.0 Å². The number of rotatable bonds is 10. The molecule has 1 unspecified atom stereocenters. The summed E-state index contributed by atoms with van der Waals surface area (Å²) in [7, 11) is 0. The van der Waals surface area contributed by atoms with Crippen LogP contribution in [-0.4, -0.2) is 28.0 Å². The van der Waals surface area contributed by atoms with E-state index in [0.29, 0.717) is 23.2 Å². The van der Waals surface area contributed by atoms with Crippen molar-refractivity contribution in [2.45, 2.75) is 23.5 Å². The van der Waals surface area contributed by atoms with Gasteiger partial charge in [0, 0.05) is 39.6 Å². The van der Waals surface area contributed by atoms with E-state index in [-0.39, 0.29) is 16.9 Å². The standard InChI is InChI=1S/C35H30N4O3S/c1-2-32(35(42)38-30-19-8-15-25-12-6-7-18-29(25)30)43-28-17-9-16-27(22-28)37-34(41)31(21-24-11-10-20-36-23-24)39-33(40)26-13-4-3-5-14-26/h3-23,32H,2H2,1H3,(H,37,41)(H,38,42)(H,39,40)/b31-21-. The van der Waals surface area contributed by atoms with Crippen LogP contribution in [0.1, 0.15) is 29.3 Å². The van der Waals surface area contributed by atoms with E-state index in [2.05, 4.69) is 20.9 Å². The quantitative estimate of drug-likeness (QED) is 0.119. The zero-order valence-electron chi connectivity index (χ0n) is 23.5. The number of thioether (sulfide) groups is 1. The van der Waals surface area contributed by atoms with E-state index in [1.807, 2.05) is 73.7 Å². The first-order valence-electron chi connectivity index (χ1n) is 13.8. The smallest absolute Gasteiger partial charge is 0.272 e. The number of hydrogen-bond donors (Lipinski definition) is 3. The van der Waals surface area contributed by atoms with E-state index in [1.165, 1.54) is 11.8 Å². The van der Waals surface area contributed by atoms with Crippen LogP contribution in [0, 0.1) is 0 Å². The molecule has 0 aliphatic rings. The third-order valence-electron chi connectivity index (χ3n) is 6.61. The lowest BCUT2D eigenvalue weighted by Crippen LogP contribution is -2.30. The lowest BCUT2D eigenvalue weighted by atomic mass is 10.1. The van der Waals surface area contributed by atoms with Crippen molar-refractivity contribution in [3.63, 3.8) is 0 Å². The summed E-state index contributed by atoms with van der Waals surface area (Å²) in [6.07, 6.45) is 5.43. The van der Waals surface area contributed by atoms with Crippen molar-refractivity contribution in [2.75, 3.05) is 10.6 Å². The number of benzene rings is 4. The Hall–Kier alpha value is -5.21. The lowest BCUT2D eigenvalue weighted by Gasteiger charge is -2.17. The van der Waals surface area contributed by atoms with Gasteiger partial charge in [0.1, 0.15) is 5.70 Å². The number of carbonyl (C=O) groups excluding carboxylic acids is 3. The Labute approximate surface area is 254 Å². The molecular weight excluding hydrogens is 556 g/mol. The fraction of sp³-hybridized carbons (Fsp3) is 0.0857. The summed E-state index contributed by atoms with van der Waals surface area (Å²) in [5, 5.41) is 10.4. The maximum absolute atomic E-state index is 13.4. The van der Waals surface area contributed by atoms with Crippen molar-refractivity contribution in [3.05, 3.63) is 138 Å². The first-order valence-corrected chi connectivity index (χ1v) is 14.7. The summed E-state index contributed by atoms with van der Waals surface area (Å²) in [4.78, 5) is 44.5. The van der Waals surface area contributed by atoms with Crippen LogP contribution in [0.5, 0.6) is 0 Å². The molecule has 5 aromatic rings. The Bertz CT molecular complexity index is 1770. The van der Waals surface area contributed by atoms with Gasteiger partial charge in [0.05, 0.1) is 5.25 Å². The molecule has 1 aromatic heterocycles. The van der Waals surface area contributed by atoms with Crippen LogP contribution in [0.3, 0.4) is 0 Å². The summed E-state index contributed by atoms with van der Waals surface area (Å²) in [5.74, 6) is -0.988. The Morgan fingerprint density at radius 3 is 2.40 bits per heavy atom. The van der Waals surface area contributed by atoms with E-state index in [4.69, 9.17) is 0 Å². The van der Waals surface area contributed by atoms with Crippen molar-refractivity contribution in [2.24, 2.45) is 0 Å². The molecule has 3 amide bonds. The molecule has 0 fully saturated rings. The van der Waals surface area contributed by atoms with Gasteiger partial charge in [-0.3, -0.25) is 19.4 Å². The zero-order chi connectivity index (χ0) is 30.0. The highest BCUT2D eigenvalue weighted by Gasteiger charge is 2.20. The first-order chi connectivity index (χ1) is 21.0. The minimum Gasteiger partial charge on any atom is -0.325 e. The van der Waals surface area contributed by atoms with E-state index in [1.54, 1.807) is 60.9 Å². The van der Waals surface area contributed by atoms with Gasteiger partial charge in [0.25, 0.3) is 11.8 Å². The van der Waals surface area contributed by atoms with E-state index >= 15 is 0 Å². The van der Waals surface area contributed by atoms with Crippen molar-refractivity contribution in [1.29, 1.82) is 0 Å². The predicted octanol–water partition coefficient (Wildman–Crippen LogP) is 7.15. The molecule has 1 heterocycles. The molecule has 8 heteroatoms. The highest BCUT2D eigenvalue weighted by atomic mass is 32.2. The molecule has 0 saturated carbocycles. The van der Waals surface area contributed by atoms with Crippen LogP contribution >= 0.6 is 11.8 Å². The van der Waals surface area contributed by atoms with Gasteiger partial charge in [-0.1, -0.05) is 73.7 Å². The molecule has 0 saturated heterocycles. The molecular formula is C35H30N4O3S. The number of hydrogen-bond acceptors (Lipinski definition) is 5. The Balaban J connectivity index is 1.30. The number of nitrogens with zero attached hydrogens (tertiary/aromatic N) is 1. The monoisotopic (exact) mass is 586 g/mol. The second-order valence-corrected chi connectivity index (χ2v) is 11.0. The van der Waals surface area contributed by atoms with Crippen LogP contribution in [0.4, 0.5) is 11.4 Å². The molecule has 214 valence electrons. The van der Waals surface area contributed by atoms with E-state index < -0.39 is 11.8 Å². The van der Waals surface area contributed by atoms with Crippen molar-refractivity contribution in [3.8, 4) is 0 Å². The fourth-order valence-electron chi connectivity index (χ4n) is 4.45. The highest BCUT2D eigenvalue weighted by molar-refractivity contribution is 8.00. The van der Waals surface area contributed by atoms with Crippen molar-refractivity contribution < 1.29 is 14.4 Å². The normalized spacial score (nSPS) is 11.9. The summed E-state index contributed by atoms with van der Waals surface area (Å²) in [6, 6.07) is 33.3. The van der Waals surface area contributed by atoms with Gasteiger partial charge in [-0.15, -0.1) is 11.8 Å². The van der Waals surface area contributed by atoms with Gasteiger partial charge >= 0.3 is 0 Å². The maximum Gasteiger partial charge on any atom is 0.272 e. The maximum atomic E-state index is 13.4. The minimum atomic E-state index is -0.490. The molecule has 0 aliphatic heterocycles. The number of anilines is 2. The average molecular weight is 587 g/mol.